The van der Waals surface area contributed by atoms with Gasteiger partial charge in [0.2, 0.25) is 5.91 Å². The van der Waals surface area contributed by atoms with Crippen molar-refractivity contribution >= 4 is 11.9 Å². The SMILES string of the molecule is O=C(Cc1ccccc1C(=O)O)NC(c1cccc(C(F)(F)F)c1)C1CC1. The molecule has 1 aliphatic rings. The Morgan fingerprint density at radius 2 is 1.81 bits per heavy atom. The van der Waals surface area contributed by atoms with E-state index in [9.17, 15) is 27.9 Å². The van der Waals surface area contributed by atoms with E-state index >= 15 is 0 Å². The van der Waals surface area contributed by atoms with E-state index in [1.165, 1.54) is 12.1 Å². The first-order chi connectivity index (χ1) is 12.8. The van der Waals surface area contributed by atoms with Gasteiger partial charge in [0, 0.05) is 0 Å². The number of benzene rings is 2. The van der Waals surface area contributed by atoms with Crippen LogP contribution in [0.1, 0.15) is 45.9 Å². The fraction of sp³-hybridized carbons (Fsp3) is 0.300. The molecule has 3 rings (SSSR count). The van der Waals surface area contributed by atoms with E-state index < -0.39 is 29.7 Å². The van der Waals surface area contributed by atoms with E-state index in [2.05, 4.69) is 5.32 Å². The number of carbonyl (C=O) groups is 2. The van der Waals surface area contributed by atoms with Crippen molar-refractivity contribution in [2.45, 2.75) is 31.5 Å². The lowest BCUT2D eigenvalue weighted by atomic mass is 9.98. The maximum Gasteiger partial charge on any atom is 0.416 e. The molecule has 0 aromatic heterocycles. The average molecular weight is 377 g/mol. The third-order valence-corrected chi connectivity index (χ3v) is 4.58. The van der Waals surface area contributed by atoms with Crippen LogP contribution in [-0.4, -0.2) is 17.0 Å². The number of alkyl halides is 3. The van der Waals surface area contributed by atoms with Crippen LogP contribution in [-0.2, 0) is 17.4 Å². The van der Waals surface area contributed by atoms with E-state index in [-0.39, 0.29) is 17.9 Å². The molecule has 2 N–H and O–H groups in total. The minimum absolute atomic E-state index is 0.0368. The number of rotatable bonds is 6. The Morgan fingerprint density at radius 3 is 2.44 bits per heavy atom. The van der Waals surface area contributed by atoms with Crippen LogP contribution in [0.4, 0.5) is 13.2 Å². The first kappa shape index (κ1) is 18.9. The normalized spacial score (nSPS) is 15.2. The van der Waals surface area contributed by atoms with Gasteiger partial charge in [-0.3, -0.25) is 4.79 Å². The molecule has 1 saturated carbocycles. The molecule has 0 aliphatic heterocycles. The van der Waals surface area contributed by atoms with Gasteiger partial charge < -0.3 is 10.4 Å². The zero-order chi connectivity index (χ0) is 19.6. The molecule has 1 unspecified atom stereocenters. The molecular formula is C20H18F3NO3. The lowest BCUT2D eigenvalue weighted by Gasteiger charge is -2.20. The molecule has 0 bridgehead atoms. The standard InChI is InChI=1S/C20H18F3NO3/c21-20(22,23)15-6-3-5-14(10-15)18(12-8-9-12)24-17(25)11-13-4-1-2-7-16(13)19(26)27/h1-7,10,12,18H,8-9,11H2,(H,24,25)(H,26,27). The number of halogens is 3. The summed E-state index contributed by atoms with van der Waals surface area (Å²) in [5.74, 6) is -1.46. The summed E-state index contributed by atoms with van der Waals surface area (Å²) in [4.78, 5) is 23.7. The Kier molecular flexibility index (Phi) is 5.21. The van der Waals surface area contributed by atoms with Crippen molar-refractivity contribution in [3.8, 4) is 0 Å². The maximum absolute atomic E-state index is 13.0. The van der Waals surface area contributed by atoms with Crippen molar-refractivity contribution in [2.24, 2.45) is 5.92 Å². The van der Waals surface area contributed by atoms with Gasteiger partial charge in [-0.2, -0.15) is 13.2 Å². The van der Waals surface area contributed by atoms with Crippen LogP contribution in [0.2, 0.25) is 0 Å². The van der Waals surface area contributed by atoms with E-state index in [0.29, 0.717) is 11.1 Å². The van der Waals surface area contributed by atoms with Crippen LogP contribution in [0, 0.1) is 5.92 Å². The highest BCUT2D eigenvalue weighted by Gasteiger charge is 2.36. The van der Waals surface area contributed by atoms with Gasteiger partial charge in [-0.05, 0) is 48.1 Å². The van der Waals surface area contributed by atoms with Gasteiger partial charge in [-0.25, -0.2) is 4.79 Å². The number of nitrogens with one attached hydrogen (secondary N) is 1. The predicted molar refractivity (Wildman–Crippen MR) is 92.2 cm³/mol. The van der Waals surface area contributed by atoms with Crippen molar-refractivity contribution in [1.29, 1.82) is 0 Å². The molecule has 2 aromatic carbocycles. The van der Waals surface area contributed by atoms with E-state index in [1.807, 2.05) is 0 Å². The fourth-order valence-electron chi connectivity index (χ4n) is 3.09. The molecule has 0 saturated heterocycles. The molecule has 1 amide bonds. The van der Waals surface area contributed by atoms with Crippen LogP contribution >= 0.6 is 0 Å². The first-order valence-corrected chi connectivity index (χ1v) is 8.53. The molecule has 0 spiro atoms. The van der Waals surface area contributed by atoms with Crippen LogP contribution in [0.15, 0.2) is 48.5 Å². The lowest BCUT2D eigenvalue weighted by molar-refractivity contribution is -0.137. The van der Waals surface area contributed by atoms with Crippen LogP contribution in [0.3, 0.4) is 0 Å². The number of carboxylic acid groups (broad SMARTS) is 1. The molecule has 0 heterocycles. The van der Waals surface area contributed by atoms with Gasteiger partial charge in [0.1, 0.15) is 0 Å². The summed E-state index contributed by atoms with van der Waals surface area (Å²) < 4.78 is 38.9. The van der Waals surface area contributed by atoms with Crippen LogP contribution in [0.5, 0.6) is 0 Å². The minimum Gasteiger partial charge on any atom is -0.478 e. The summed E-state index contributed by atoms with van der Waals surface area (Å²) in [7, 11) is 0. The van der Waals surface area contributed by atoms with Crippen LogP contribution < -0.4 is 5.32 Å². The van der Waals surface area contributed by atoms with E-state index in [1.54, 1.807) is 24.3 Å². The summed E-state index contributed by atoms with van der Waals surface area (Å²) >= 11 is 0. The quantitative estimate of drug-likeness (QED) is 0.792. The number of carboxylic acids is 1. The van der Waals surface area contributed by atoms with Crippen molar-refractivity contribution in [1.82, 2.24) is 5.32 Å². The molecular weight excluding hydrogens is 359 g/mol. The maximum atomic E-state index is 13.0. The Morgan fingerprint density at radius 1 is 1.11 bits per heavy atom. The molecule has 2 aromatic rings. The summed E-state index contributed by atoms with van der Waals surface area (Å²) in [5, 5.41) is 12.0. The molecule has 142 valence electrons. The van der Waals surface area contributed by atoms with Crippen molar-refractivity contribution in [3.05, 3.63) is 70.8 Å². The third-order valence-electron chi connectivity index (χ3n) is 4.58. The zero-order valence-corrected chi connectivity index (χ0v) is 14.3. The summed E-state index contributed by atoms with van der Waals surface area (Å²) in [6.07, 6.45) is -2.95. The van der Waals surface area contributed by atoms with Gasteiger partial charge >= 0.3 is 12.1 Å². The molecule has 1 fully saturated rings. The van der Waals surface area contributed by atoms with Crippen molar-refractivity contribution in [2.75, 3.05) is 0 Å². The smallest absolute Gasteiger partial charge is 0.416 e. The number of carbonyl (C=O) groups excluding carboxylic acids is 1. The summed E-state index contributed by atoms with van der Waals surface area (Å²) in [6, 6.07) is 10.6. The Hall–Kier alpha value is -2.83. The molecule has 27 heavy (non-hydrogen) atoms. The van der Waals surface area contributed by atoms with Crippen molar-refractivity contribution in [3.63, 3.8) is 0 Å². The average Bonchev–Trinajstić information content (AvgIpc) is 3.44. The molecule has 4 nitrogen and oxygen atoms in total. The van der Waals surface area contributed by atoms with Gasteiger partial charge in [0.05, 0.1) is 23.6 Å². The predicted octanol–water partition coefficient (Wildman–Crippen LogP) is 4.21. The molecule has 1 atom stereocenters. The largest absolute Gasteiger partial charge is 0.478 e. The Bertz CT molecular complexity index is 860. The molecule has 7 heteroatoms. The summed E-state index contributed by atoms with van der Waals surface area (Å²) in [6.45, 7) is 0. The molecule has 0 radical (unpaired) electrons. The van der Waals surface area contributed by atoms with Crippen molar-refractivity contribution < 1.29 is 27.9 Å². The van der Waals surface area contributed by atoms with Gasteiger partial charge in [-0.1, -0.05) is 30.3 Å². The highest BCUT2D eigenvalue weighted by Crippen LogP contribution is 2.42. The topological polar surface area (TPSA) is 66.4 Å². The second-order valence-electron chi connectivity index (χ2n) is 6.64. The molecule has 1 aliphatic carbocycles. The van der Waals surface area contributed by atoms with Gasteiger partial charge in [-0.15, -0.1) is 0 Å². The Labute approximate surface area is 154 Å². The number of hydrogen-bond acceptors (Lipinski definition) is 2. The Balaban J connectivity index is 1.78. The number of hydrogen-bond donors (Lipinski definition) is 2. The van der Waals surface area contributed by atoms with Gasteiger partial charge in [0.15, 0.2) is 0 Å². The minimum atomic E-state index is -4.45. The third kappa shape index (κ3) is 4.67. The van der Waals surface area contributed by atoms with E-state index in [0.717, 1.165) is 25.0 Å². The fourth-order valence-corrected chi connectivity index (χ4v) is 3.09. The lowest BCUT2D eigenvalue weighted by Crippen LogP contribution is -2.31. The van der Waals surface area contributed by atoms with E-state index in [4.69, 9.17) is 0 Å². The number of aromatic carboxylic acids is 1. The first-order valence-electron chi connectivity index (χ1n) is 8.53. The zero-order valence-electron chi connectivity index (χ0n) is 14.3. The number of amides is 1. The summed E-state index contributed by atoms with van der Waals surface area (Å²) in [5.41, 5.74) is 0.0547. The monoisotopic (exact) mass is 377 g/mol. The highest BCUT2D eigenvalue weighted by molar-refractivity contribution is 5.91. The van der Waals surface area contributed by atoms with Crippen LogP contribution in [0.25, 0.3) is 0 Å². The second-order valence-corrected chi connectivity index (χ2v) is 6.64. The van der Waals surface area contributed by atoms with Gasteiger partial charge in [0.25, 0.3) is 0 Å². The highest BCUT2D eigenvalue weighted by atomic mass is 19.4. The second kappa shape index (κ2) is 7.42.